The lowest BCUT2D eigenvalue weighted by atomic mass is 10.1. The van der Waals surface area contributed by atoms with E-state index in [2.05, 4.69) is 16.8 Å². The van der Waals surface area contributed by atoms with E-state index in [4.69, 9.17) is 4.74 Å². The van der Waals surface area contributed by atoms with Crippen LogP contribution in [0.1, 0.15) is 6.92 Å². The topological polar surface area (TPSA) is 77.2 Å². The molecule has 6 nitrogen and oxygen atoms in total. The Morgan fingerprint density at radius 2 is 1.92 bits per heavy atom. The van der Waals surface area contributed by atoms with Gasteiger partial charge in [-0.05, 0) is 30.5 Å². The summed E-state index contributed by atoms with van der Waals surface area (Å²) in [7, 11) is 0. The van der Waals surface area contributed by atoms with Gasteiger partial charge in [-0.2, -0.15) is 0 Å². The molecule has 0 fully saturated rings. The molecule has 0 aliphatic rings. The number of nitrogens with zero attached hydrogens (tertiary/aromatic N) is 3. The molecule has 0 unspecified atom stereocenters. The second-order valence-electron chi connectivity index (χ2n) is 5.96. The number of esters is 1. The molecule has 1 N–H and O–H groups in total. The maximum Gasteiger partial charge on any atom is 0.338 e. The van der Waals surface area contributed by atoms with Gasteiger partial charge in [-0.1, -0.05) is 36.9 Å². The van der Waals surface area contributed by atoms with Crippen molar-refractivity contribution in [2.24, 2.45) is 0 Å². The third-order valence-electron chi connectivity index (χ3n) is 4.00. The number of fused-ring (bicyclic) bond motifs is 3. The Hall–Kier alpha value is -3.67. The standard InChI is InChI=1S/C20H15N3O3/c1-12(2)20(25)26-14-8-10-18(24)17(11-14)23-21-16-9-7-13-5-3-4-6-15(13)19(16)22-23/h3-11,24H,1H2,2H3. The monoisotopic (exact) mass is 345 g/mol. The van der Waals surface area contributed by atoms with E-state index in [9.17, 15) is 9.90 Å². The molecule has 1 heterocycles. The van der Waals surface area contributed by atoms with Crippen molar-refractivity contribution in [2.75, 3.05) is 0 Å². The predicted molar refractivity (Wildman–Crippen MR) is 98.5 cm³/mol. The summed E-state index contributed by atoms with van der Waals surface area (Å²) in [6.45, 7) is 5.12. The van der Waals surface area contributed by atoms with Crippen molar-refractivity contribution in [2.45, 2.75) is 6.92 Å². The molecule has 0 bridgehead atoms. The van der Waals surface area contributed by atoms with Crippen LogP contribution in [0.25, 0.3) is 27.5 Å². The van der Waals surface area contributed by atoms with E-state index in [1.54, 1.807) is 6.92 Å². The molecule has 0 saturated heterocycles. The second kappa shape index (κ2) is 6.00. The third-order valence-corrected chi connectivity index (χ3v) is 4.00. The minimum Gasteiger partial charge on any atom is -0.506 e. The number of benzene rings is 3. The van der Waals surface area contributed by atoms with Gasteiger partial charge in [-0.15, -0.1) is 15.0 Å². The Balaban J connectivity index is 1.83. The fourth-order valence-corrected chi connectivity index (χ4v) is 2.68. The number of carbonyl (C=O) groups is 1. The molecule has 1 aromatic heterocycles. The number of hydrogen-bond donors (Lipinski definition) is 1. The lowest BCUT2D eigenvalue weighted by molar-refractivity contribution is -0.130. The van der Waals surface area contributed by atoms with Crippen molar-refractivity contribution >= 4 is 27.8 Å². The van der Waals surface area contributed by atoms with Crippen LogP contribution in [-0.2, 0) is 4.79 Å². The molecule has 0 radical (unpaired) electrons. The van der Waals surface area contributed by atoms with E-state index in [0.717, 1.165) is 16.3 Å². The number of ether oxygens (including phenoxy) is 1. The summed E-state index contributed by atoms with van der Waals surface area (Å²) in [5.41, 5.74) is 2.03. The minimum absolute atomic E-state index is 0.0234. The normalized spacial score (nSPS) is 11.0. The van der Waals surface area contributed by atoms with Gasteiger partial charge in [0.05, 0.1) is 0 Å². The molecule has 0 saturated carbocycles. The first kappa shape index (κ1) is 15.8. The van der Waals surface area contributed by atoms with Crippen LogP contribution in [0.3, 0.4) is 0 Å². The van der Waals surface area contributed by atoms with Crippen LogP contribution >= 0.6 is 0 Å². The summed E-state index contributed by atoms with van der Waals surface area (Å²) in [4.78, 5) is 13.0. The smallest absolute Gasteiger partial charge is 0.338 e. The highest BCUT2D eigenvalue weighted by atomic mass is 16.5. The quantitative estimate of drug-likeness (QED) is 0.347. The van der Waals surface area contributed by atoms with E-state index in [-0.39, 0.29) is 17.1 Å². The zero-order valence-electron chi connectivity index (χ0n) is 14.0. The Bertz CT molecular complexity index is 1180. The van der Waals surface area contributed by atoms with Crippen LogP contribution in [-0.4, -0.2) is 26.1 Å². The molecule has 26 heavy (non-hydrogen) atoms. The summed E-state index contributed by atoms with van der Waals surface area (Å²) in [6, 6.07) is 16.2. The van der Waals surface area contributed by atoms with Crippen molar-refractivity contribution in [3.05, 3.63) is 66.7 Å². The largest absolute Gasteiger partial charge is 0.506 e. The molecule has 3 aromatic carbocycles. The van der Waals surface area contributed by atoms with Crippen LogP contribution in [0.5, 0.6) is 11.5 Å². The molecule has 4 aromatic rings. The van der Waals surface area contributed by atoms with Crippen LogP contribution in [0.15, 0.2) is 66.7 Å². The Labute approximate surface area is 148 Å². The van der Waals surface area contributed by atoms with Gasteiger partial charge in [0.15, 0.2) is 0 Å². The van der Waals surface area contributed by atoms with Crippen molar-refractivity contribution < 1.29 is 14.6 Å². The summed E-state index contributed by atoms with van der Waals surface area (Å²) in [5.74, 6) is -0.284. The number of rotatable bonds is 3. The highest BCUT2D eigenvalue weighted by Gasteiger charge is 2.14. The number of phenols is 1. The molecule has 0 atom stereocenters. The SMILES string of the molecule is C=C(C)C(=O)Oc1ccc(O)c(-n2nc3ccc4ccccc4c3n2)c1. The molecule has 0 aliphatic heterocycles. The first-order valence-electron chi connectivity index (χ1n) is 7.99. The van der Waals surface area contributed by atoms with Crippen molar-refractivity contribution in [3.8, 4) is 17.2 Å². The summed E-state index contributed by atoms with van der Waals surface area (Å²) in [6.07, 6.45) is 0. The zero-order valence-corrected chi connectivity index (χ0v) is 14.0. The van der Waals surface area contributed by atoms with E-state index >= 15 is 0 Å². The molecule has 4 rings (SSSR count). The van der Waals surface area contributed by atoms with E-state index < -0.39 is 5.97 Å². The van der Waals surface area contributed by atoms with Gasteiger partial charge in [-0.25, -0.2) is 4.79 Å². The number of hydrogen-bond acceptors (Lipinski definition) is 5. The number of phenolic OH excluding ortho intramolecular Hbond substituents is 1. The fourth-order valence-electron chi connectivity index (χ4n) is 2.68. The van der Waals surface area contributed by atoms with Gasteiger partial charge in [0.1, 0.15) is 28.2 Å². The van der Waals surface area contributed by atoms with Gasteiger partial charge in [0.25, 0.3) is 0 Å². The fraction of sp³-hybridized carbons (Fsp3) is 0.0500. The van der Waals surface area contributed by atoms with Gasteiger partial charge in [0, 0.05) is 17.0 Å². The maximum atomic E-state index is 11.7. The van der Waals surface area contributed by atoms with Crippen LogP contribution in [0.2, 0.25) is 0 Å². The van der Waals surface area contributed by atoms with Crippen LogP contribution in [0, 0.1) is 0 Å². The van der Waals surface area contributed by atoms with E-state index in [1.807, 2.05) is 36.4 Å². The van der Waals surface area contributed by atoms with Crippen LogP contribution < -0.4 is 4.74 Å². The minimum atomic E-state index is -0.536. The average molecular weight is 345 g/mol. The maximum absolute atomic E-state index is 11.7. The van der Waals surface area contributed by atoms with Gasteiger partial charge >= 0.3 is 5.97 Å². The second-order valence-corrected chi connectivity index (χ2v) is 5.96. The molecule has 128 valence electrons. The average Bonchev–Trinajstić information content (AvgIpc) is 3.07. The molecular weight excluding hydrogens is 330 g/mol. The highest BCUT2D eigenvalue weighted by molar-refractivity contribution is 6.03. The first-order chi connectivity index (χ1) is 12.5. The zero-order chi connectivity index (χ0) is 18.3. The van der Waals surface area contributed by atoms with Crippen molar-refractivity contribution in [3.63, 3.8) is 0 Å². The van der Waals surface area contributed by atoms with E-state index in [0.29, 0.717) is 11.2 Å². The van der Waals surface area contributed by atoms with Crippen LogP contribution in [0.4, 0.5) is 0 Å². The molecule has 6 heteroatoms. The number of aromatic nitrogens is 3. The third kappa shape index (κ3) is 2.67. The van der Waals surface area contributed by atoms with Crippen molar-refractivity contribution in [1.29, 1.82) is 0 Å². The predicted octanol–water partition coefficient (Wildman–Crippen LogP) is 3.76. The number of carbonyl (C=O) groups excluding carboxylic acids is 1. The van der Waals surface area contributed by atoms with Gasteiger partial charge in [0.2, 0.25) is 0 Å². The number of aromatic hydroxyl groups is 1. The summed E-state index contributed by atoms with van der Waals surface area (Å²) < 4.78 is 5.22. The lowest BCUT2D eigenvalue weighted by Crippen LogP contribution is -2.09. The molecule has 0 amide bonds. The van der Waals surface area contributed by atoms with Gasteiger partial charge < -0.3 is 9.84 Å². The Morgan fingerprint density at radius 3 is 2.73 bits per heavy atom. The molecule has 0 spiro atoms. The van der Waals surface area contributed by atoms with Gasteiger partial charge in [-0.3, -0.25) is 0 Å². The highest BCUT2D eigenvalue weighted by Crippen LogP contribution is 2.28. The summed E-state index contributed by atoms with van der Waals surface area (Å²) in [5, 5.41) is 21.2. The molecular formula is C20H15N3O3. The molecule has 0 aliphatic carbocycles. The lowest BCUT2D eigenvalue weighted by Gasteiger charge is -2.07. The summed E-state index contributed by atoms with van der Waals surface area (Å²) >= 11 is 0. The van der Waals surface area contributed by atoms with E-state index in [1.165, 1.54) is 23.0 Å². The Morgan fingerprint density at radius 1 is 1.12 bits per heavy atom. The van der Waals surface area contributed by atoms with Crippen molar-refractivity contribution in [1.82, 2.24) is 15.0 Å². The first-order valence-corrected chi connectivity index (χ1v) is 7.99. The Kier molecular flexibility index (Phi) is 3.65.